The monoisotopic (exact) mass is 869 g/mol. The quantitative estimate of drug-likeness (QED) is 0.0937. The van der Waals surface area contributed by atoms with Gasteiger partial charge in [0.1, 0.15) is 5.78 Å². The summed E-state index contributed by atoms with van der Waals surface area (Å²) in [6.07, 6.45) is 2.89. The molecule has 2 fully saturated rings. The third kappa shape index (κ3) is 13.2. The fourth-order valence-electron chi connectivity index (χ4n) is 10.1. The van der Waals surface area contributed by atoms with Gasteiger partial charge < -0.3 is 29.7 Å². The zero-order chi connectivity index (χ0) is 46.5. The van der Waals surface area contributed by atoms with E-state index < -0.39 is 47.5 Å². The molecule has 13 heteroatoms. The molecular weight excluding hydrogens is 789 g/mol. The number of hydrogen-bond donors (Lipinski definition) is 2. The van der Waals surface area contributed by atoms with Crippen molar-refractivity contribution in [2.75, 3.05) is 47.9 Å². The number of ether oxygens (including phenoxy) is 2. The Morgan fingerprint density at radius 2 is 1.58 bits per heavy atom. The van der Waals surface area contributed by atoms with Gasteiger partial charge in [-0.1, -0.05) is 92.1 Å². The van der Waals surface area contributed by atoms with Crippen LogP contribution >= 0.6 is 0 Å². The first-order valence-electron chi connectivity index (χ1n) is 23.2. The van der Waals surface area contributed by atoms with Gasteiger partial charge in [0.25, 0.3) is 0 Å². The molecule has 1 heterocycles. The number of rotatable bonds is 28. The number of amides is 3. The van der Waals surface area contributed by atoms with Gasteiger partial charge in [-0.15, -0.1) is 0 Å². The van der Waals surface area contributed by atoms with Crippen molar-refractivity contribution in [3.8, 4) is 0 Å². The van der Waals surface area contributed by atoms with E-state index in [4.69, 9.17) is 14.6 Å². The van der Waals surface area contributed by atoms with E-state index >= 15 is 0 Å². The van der Waals surface area contributed by atoms with E-state index in [0.717, 1.165) is 24.8 Å². The summed E-state index contributed by atoms with van der Waals surface area (Å²) < 4.78 is 12.2. The van der Waals surface area contributed by atoms with Crippen LogP contribution in [0.3, 0.4) is 0 Å². The van der Waals surface area contributed by atoms with Crippen LogP contribution in [0.5, 0.6) is 0 Å². The molecule has 3 rings (SSSR count). The van der Waals surface area contributed by atoms with Gasteiger partial charge in [-0.05, 0) is 74.9 Å². The van der Waals surface area contributed by atoms with Crippen molar-refractivity contribution < 1.29 is 43.3 Å². The van der Waals surface area contributed by atoms with E-state index in [-0.39, 0.29) is 84.7 Å². The number of hydrogen-bond acceptors (Lipinski definition) is 9. The van der Waals surface area contributed by atoms with Crippen LogP contribution in [0.2, 0.25) is 0 Å². The lowest BCUT2D eigenvalue weighted by molar-refractivity contribution is -0.149. The van der Waals surface area contributed by atoms with Crippen LogP contribution in [-0.2, 0) is 38.2 Å². The van der Waals surface area contributed by atoms with Gasteiger partial charge in [-0.3, -0.25) is 33.7 Å². The second-order valence-corrected chi connectivity index (χ2v) is 19.0. The van der Waals surface area contributed by atoms with Gasteiger partial charge in [-0.2, -0.15) is 0 Å². The first-order chi connectivity index (χ1) is 29.3. The van der Waals surface area contributed by atoms with Crippen LogP contribution < -0.4 is 5.32 Å². The highest BCUT2D eigenvalue weighted by Crippen LogP contribution is 2.62. The molecule has 0 bridgehead atoms. The molecule has 3 amide bonds. The van der Waals surface area contributed by atoms with Crippen molar-refractivity contribution in [2.45, 2.75) is 156 Å². The number of nitrogens with zero attached hydrogens (tertiary/aromatic N) is 3. The summed E-state index contributed by atoms with van der Waals surface area (Å²) in [6.45, 7) is 17.3. The summed E-state index contributed by atoms with van der Waals surface area (Å²) in [5.41, 5.74) is 0.233. The Bertz CT molecular complexity index is 1640. The normalized spacial score (nSPS) is 22.1. The van der Waals surface area contributed by atoms with Crippen LogP contribution in [0.1, 0.15) is 131 Å². The third-order valence-corrected chi connectivity index (χ3v) is 14.0. The number of carboxylic acid groups (broad SMARTS) is 1. The molecule has 0 aromatic heterocycles. The highest BCUT2D eigenvalue weighted by molar-refractivity contribution is 5.94. The molecule has 1 aromatic carbocycles. The number of Topliss-reactive ketones (excluding diaryl/α,β-unsaturated/α-hetero) is 2. The van der Waals surface area contributed by atoms with E-state index in [1.54, 1.807) is 26.2 Å². The molecule has 10 atom stereocenters. The molecule has 1 saturated heterocycles. The van der Waals surface area contributed by atoms with E-state index in [1.807, 2.05) is 103 Å². The summed E-state index contributed by atoms with van der Waals surface area (Å²) in [6, 6.07) is 8.60. The van der Waals surface area contributed by atoms with Crippen molar-refractivity contribution in [1.82, 2.24) is 20.0 Å². The van der Waals surface area contributed by atoms with Crippen molar-refractivity contribution >= 4 is 35.3 Å². The second-order valence-electron chi connectivity index (χ2n) is 19.0. The van der Waals surface area contributed by atoms with Crippen LogP contribution in [-0.4, -0.2) is 133 Å². The second kappa shape index (κ2) is 24.4. The number of ketones is 2. The SMILES string of the molecule is CCCNC(=O)[C@]1(CC(=O)[C@H](C)[C@@H](OC)[C@@H]2CCCN2C(=O)C[C@@H](OC)[C@H]([C@@H](C)CC)N(C)C(=O)[C@@H](CC(=O)[C@H](C(C)C)N(C)CCCC(=O)O)C(C)C)C[C@@H]1c1ccccc1. The lowest BCUT2D eigenvalue weighted by Crippen LogP contribution is -2.54. The lowest BCUT2D eigenvalue weighted by atomic mass is 9.83. The minimum absolute atomic E-state index is 0.0136. The molecule has 62 heavy (non-hydrogen) atoms. The number of aliphatic carboxylic acids is 1. The van der Waals surface area contributed by atoms with Gasteiger partial charge >= 0.3 is 5.97 Å². The summed E-state index contributed by atoms with van der Waals surface area (Å²) in [5.74, 6) is -2.86. The average molecular weight is 869 g/mol. The number of carboxylic acids is 1. The average Bonchev–Trinajstić information content (AvgIpc) is 3.76. The Balaban J connectivity index is 1.80. The minimum Gasteiger partial charge on any atom is -0.481 e. The highest BCUT2D eigenvalue weighted by Gasteiger charge is 2.61. The Morgan fingerprint density at radius 1 is 0.919 bits per heavy atom. The summed E-state index contributed by atoms with van der Waals surface area (Å²) in [5, 5.41) is 12.2. The van der Waals surface area contributed by atoms with Crippen LogP contribution in [0, 0.1) is 35.0 Å². The Morgan fingerprint density at radius 3 is 2.13 bits per heavy atom. The number of likely N-dealkylation sites (tertiary alicyclic amines) is 1. The highest BCUT2D eigenvalue weighted by atomic mass is 16.5. The van der Waals surface area contributed by atoms with Gasteiger partial charge in [0.05, 0.1) is 42.2 Å². The first kappa shape index (κ1) is 52.7. The van der Waals surface area contributed by atoms with E-state index in [2.05, 4.69) is 5.32 Å². The zero-order valence-electron chi connectivity index (χ0n) is 40.0. The molecule has 350 valence electrons. The predicted molar refractivity (Wildman–Crippen MR) is 241 cm³/mol. The van der Waals surface area contributed by atoms with Gasteiger partial charge in [0.2, 0.25) is 17.7 Å². The number of likely N-dealkylation sites (N-methyl/N-ethyl adjacent to an activating group) is 2. The Hall–Kier alpha value is -3.68. The molecule has 0 radical (unpaired) electrons. The molecule has 13 nitrogen and oxygen atoms in total. The van der Waals surface area contributed by atoms with Gasteiger partial charge in [0.15, 0.2) is 5.78 Å². The van der Waals surface area contributed by atoms with Crippen LogP contribution in [0.15, 0.2) is 30.3 Å². The predicted octanol–water partition coefficient (Wildman–Crippen LogP) is 6.62. The van der Waals surface area contributed by atoms with E-state index in [9.17, 15) is 28.8 Å². The maximum atomic E-state index is 14.5. The van der Waals surface area contributed by atoms with Gasteiger partial charge in [0, 0.05) is 65.5 Å². The van der Waals surface area contributed by atoms with Gasteiger partial charge in [-0.25, -0.2) is 0 Å². The van der Waals surface area contributed by atoms with Crippen molar-refractivity contribution in [1.29, 1.82) is 0 Å². The fourth-order valence-corrected chi connectivity index (χ4v) is 10.1. The molecular formula is C49H80N4O9. The first-order valence-corrected chi connectivity index (χ1v) is 23.2. The summed E-state index contributed by atoms with van der Waals surface area (Å²) in [4.78, 5) is 87.4. The Kier molecular flexibility index (Phi) is 20.7. The van der Waals surface area contributed by atoms with Crippen molar-refractivity contribution in [3.05, 3.63) is 35.9 Å². The Labute approximate surface area is 372 Å². The molecule has 2 aliphatic rings. The van der Waals surface area contributed by atoms with Crippen LogP contribution in [0.4, 0.5) is 0 Å². The molecule has 0 unspecified atom stereocenters. The summed E-state index contributed by atoms with van der Waals surface area (Å²) in [7, 11) is 6.73. The summed E-state index contributed by atoms with van der Waals surface area (Å²) >= 11 is 0. The topological polar surface area (TPSA) is 163 Å². The maximum Gasteiger partial charge on any atom is 0.303 e. The molecule has 1 aliphatic heterocycles. The van der Waals surface area contributed by atoms with Crippen molar-refractivity contribution in [2.24, 2.45) is 35.0 Å². The maximum absolute atomic E-state index is 14.5. The standard InChI is InChI=1S/C49H80N4O9/c1-13-24-50-48(60)49(29-37(49)35-20-16-15-17-21-35)30-40(55)34(8)46(62-12)38-22-18-26-53(38)42(56)28-41(61-11)45(33(7)14-2)52(10)47(59)36(31(3)4)27-39(54)44(32(5)6)51(9)25-19-23-43(57)58/h15-17,20-21,31-34,36-38,41,44-46H,13-14,18-19,22-30H2,1-12H3,(H,50,60)(H,57,58)/t33-,34-,36-,37+,38-,41+,44-,45-,46+,49-/m0/s1. The molecule has 1 aliphatic carbocycles. The molecule has 1 saturated carbocycles. The largest absolute Gasteiger partial charge is 0.481 e. The molecule has 2 N–H and O–H groups in total. The number of carbonyl (C=O) groups is 6. The third-order valence-electron chi connectivity index (χ3n) is 14.0. The van der Waals surface area contributed by atoms with E-state index in [1.165, 1.54) is 0 Å². The molecule has 1 aromatic rings. The number of methoxy groups -OCH3 is 2. The molecule has 0 spiro atoms. The number of nitrogens with one attached hydrogen (secondary N) is 1. The zero-order valence-corrected chi connectivity index (χ0v) is 40.0. The van der Waals surface area contributed by atoms with Crippen molar-refractivity contribution in [3.63, 3.8) is 0 Å². The van der Waals surface area contributed by atoms with Crippen LogP contribution in [0.25, 0.3) is 0 Å². The number of benzene rings is 1. The number of carbonyl (C=O) groups excluding carboxylic acids is 5. The minimum atomic E-state index is -0.878. The fraction of sp³-hybridized carbons (Fsp3) is 0.755. The lowest BCUT2D eigenvalue weighted by Gasteiger charge is -2.41. The van der Waals surface area contributed by atoms with E-state index in [0.29, 0.717) is 38.9 Å². The smallest absolute Gasteiger partial charge is 0.303 e.